The van der Waals surface area contributed by atoms with Crippen LogP contribution < -0.4 is 4.90 Å². The van der Waals surface area contributed by atoms with E-state index in [1.165, 1.54) is 0 Å². The molecule has 0 bridgehead atoms. The van der Waals surface area contributed by atoms with Crippen LogP contribution in [0.2, 0.25) is 5.02 Å². The van der Waals surface area contributed by atoms with Crippen molar-refractivity contribution < 1.29 is 4.74 Å². The molecule has 2 aromatic carbocycles. The molecule has 0 N–H and O–H groups in total. The minimum atomic E-state index is 0.582. The number of nitriles is 1. The highest BCUT2D eigenvalue weighted by atomic mass is 35.5. The van der Waals surface area contributed by atoms with Crippen LogP contribution in [0.1, 0.15) is 11.1 Å². The van der Waals surface area contributed by atoms with Crippen LogP contribution in [0.25, 0.3) is 22.6 Å². The number of ether oxygens (including phenoxy) is 1. The van der Waals surface area contributed by atoms with E-state index in [2.05, 4.69) is 17.0 Å². The molecule has 0 spiro atoms. The second-order valence-electron chi connectivity index (χ2n) is 6.37. The van der Waals surface area contributed by atoms with Crippen molar-refractivity contribution in [3.63, 3.8) is 0 Å². The van der Waals surface area contributed by atoms with Gasteiger partial charge >= 0.3 is 0 Å². The van der Waals surface area contributed by atoms with Gasteiger partial charge in [0.05, 0.1) is 30.4 Å². The van der Waals surface area contributed by atoms with E-state index >= 15 is 0 Å². The van der Waals surface area contributed by atoms with Crippen molar-refractivity contribution >= 4 is 40.0 Å². The fourth-order valence-electron chi connectivity index (χ4n) is 3.22. The Bertz CT molecular complexity index is 1030. The second kappa shape index (κ2) is 7.79. The lowest BCUT2D eigenvalue weighted by Gasteiger charge is -2.29. The summed E-state index contributed by atoms with van der Waals surface area (Å²) in [4.78, 5) is 7.11. The first-order chi connectivity index (χ1) is 13.2. The third-order valence-corrected chi connectivity index (χ3v) is 4.87. The van der Waals surface area contributed by atoms with Gasteiger partial charge in [0.25, 0.3) is 0 Å². The minimum absolute atomic E-state index is 0.582. The van der Waals surface area contributed by atoms with Gasteiger partial charge in [0.15, 0.2) is 0 Å². The minimum Gasteiger partial charge on any atom is -0.378 e. The predicted molar refractivity (Wildman–Crippen MR) is 110 cm³/mol. The van der Waals surface area contributed by atoms with Crippen molar-refractivity contribution in [2.24, 2.45) is 0 Å². The molecule has 1 saturated heterocycles. The molecule has 1 aromatic heterocycles. The van der Waals surface area contributed by atoms with Gasteiger partial charge in [-0.25, -0.2) is 4.98 Å². The van der Waals surface area contributed by atoms with Gasteiger partial charge in [-0.2, -0.15) is 5.26 Å². The van der Waals surface area contributed by atoms with Crippen molar-refractivity contribution in [2.45, 2.75) is 0 Å². The van der Waals surface area contributed by atoms with Crippen LogP contribution in [-0.4, -0.2) is 31.3 Å². The predicted octanol–water partition coefficient (Wildman–Crippen LogP) is 4.79. The number of halogens is 1. The Morgan fingerprint density at radius 2 is 1.85 bits per heavy atom. The van der Waals surface area contributed by atoms with E-state index in [1.54, 1.807) is 12.1 Å². The summed E-state index contributed by atoms with van der Waals surface area (Å²) in [6, 6.07) is 19.8. The van der Waals surface area contributed by atoms with E-state index in [1.807, 2.05) is 42.5 Å². The normalized spacial score (nSPS) is 15.0. The molecule has 1 fully saturated rings. The summed E-state index contributed by atoms with van der Waals surface area (Å²) < 4.78 is 5.48. The van der Waals surface area contributed by atoms with Gasteiger partial charge in [-0.3, -0.25) is 0 Å². The summed E-state index contributed by atoms with van der Waals surface area (Å²) in [6.45, 7) is 2.93. The summed E-state index contributed by atoms with van der Waals surface area (Å²) >= 11 is 5.98. The monoisotopic (exact) mass is 375 g/mol. The van der Waals surface area contributed by atoms with Crippen LogP contribution in [0.15, 0.2) is 54.6 Å². The lowest BCUT2D eigenvalue weighted by Crippen LogP contribution is -2.37. The third kappa shape index (κ3) is 3.80. The zero-order chi connectivity index (χ0) is 18.6. The standard InChI is InChI=1S/C22H18ClN3O/c23-20-7-5-16(6-8-20)19(15-24)14-18-13-17-3-1-2-4-21(17)25-22(18)26-9-11-27-12-10-26/h1-8,13-14H,9-12H2. The van der Waals surface area contributed by atoms with Crippen LogP contribution in [-0.2, 0) is 4.74 Å². The molecule has 0 aliphatic carbocycles. The second-order valence-corrected chi connectivity index (χ2v) is 6.81. The number of hydrogen-bond acceptors (Lipinski definition) is 4. The maximum absolute atomic E-state index is 9.72. The van der Waals surface area contributed by atoms with E-state index in [0.717, 1.165) is 40.9 Å². The van der Waals surface area contributed by atoms with Crippen LogP contribution >= 0.6 is 11.6 Å². The number of rotatable bonds is 3. The van der Waals surface area contributed by atoms with Crippen molar-refractivity contribution in [1.82, 2.24) is 4.98 Å². The van der Waals surface area contributed by atoms with Crippen LogP contribution in [0.4, 0.5) is 5.82 Å². The van der Waals surface area contributed by atoms with E-state index < -0.39 is 0 Å². The summed E-state index contributed by atoms with van der Waals surface area (Å²) in [5.74, 6) is 0.888. The maximum atomic E-state index is 9.72. The lowest BCUT2D eigenvalue weighted by molar-refractivity contribution is 0.122. The molecular weight excluding hydrogens is 358 g/mol. The van der Waals surface area contributed by atoms with Gasteiger partial charge < -0.3 is 9.64 Å². The summed E-state index contributed by atoms with van der Waals surface area (Å²) in [7, 11) is 0. The molecular formula is C22H18ClN3O. The average Bonchev–Trinajstić information content (AvgIpc) is 2.73. The number of aromatic nitrogens is 1. The van der Waals surface area contributed by atoms with Gasteiger partial charge in [0.1, 0.15) is 5.82 Å². The molecule has 3 aromatic rings. The summed E-state index contributed by atoms with van der Waals surface area (Å²) in [5.41, 5.74) is 3.30. The molecule has 134 valence electrons. The van der Waals surface area contributed by atoms with Gasteiger partial charge in [0, 0.05) is 29.1 Å². The molecule has 0 amide bonds. The molecule has 4 rings (SSSR count). The van der Waals surface area contributed by atoms with E-state index in [0.29, 0.717) is 23.8 Å². The van der Waals surface area contributed by atoms with Crippen LogP contribution in [0, 0.1) is 11.3 Å². The molecule has 1 aliphatic rings. The molecule has 2 heterocycles. The number of fused-ring (bicyclic) bond motifs is 1. The number of anilines is 1. The summed E-state index contributed by atoms with van der Waals surface area (Å²) in [5, 5.41) is 11.4. The quantitative estimate of drug-likeness (QED) is 0.617. The molecule has 0 saturated carbocycles. The summed E-state index contributed by atoms with van der Waals surface area (Å²) in [6.07, 6.45) is 1.91. The van der Waals surface area contributed by atoms with Crippen molar-refractivity contribution in [3.8, 4) is 6.07 Å². The van der Waals surface area contributed by atoms with Crippen molar-refractivity contribution in [3.05, 3.63) is 70.7 Å². The van der Waals surface area contributed by atoms with E-state index in [4.69, 9.17) is 21.3 Å². The molecule has 5 heteroatoms. The number of morpholine rings is 1. The fourth-order valence-corrected chi connectivity index (χ4v) is 3.35. The number of nitrogens with zero attached hydrogens (tertiary/aromatic N) is 3. The number of hydrogen-bond donors (Lipinski definition) is 0. The van der Waals surface area contributed by atoms with Gasteiger partial charge in [-0.05, 0) is 35.9 Å². The average molecular weight is 376 g/mol. The van der Waals surface area contributed by atoms with E-state index in [9.17, 15) is 5.26 Å². The molecule has 0 radical (unpaired) electrons. The molecule has 27 heavy (non-hydrogen) atoms. The highest BCUT2D eigenvalue weighted by Gasteiger charge is 2.17. The topological polar surface area (TPSA) is 49.2 Å². The Kier molecular flexibility index (Phi) is 5.06. The molecule has 4 nitrogen and oxygen atoms in total. The van der Waals surface area contributed by atoms with Gasteiger partial charge in [-0.1, -0.05) is 41.9 Å². The van der Waals surface area contributed by atoms with Gasteiger partial charge in [0.2, 0.25) is 0 Å². The highest BCUT2D eigenvalue weighted by Crippen LogP contribution is 2.28. The third-order valence-electron chi connectivity index (χ3n) is 4.62. The fraction of sp³-hybridized carbons (Fsp3) is 0.182. The maximum Gasteiger partial charge on any atom is 0.136 e. The van der Waals surface area contributed by atoms with Crippen molar-refractivity contribution in [1.29, 1.82) is 5.26 Å². The zero-order valence-corrected chi connectivity index (χ0v) is 15.5. The Hall–Kier alpha value is -2.87. The Morgan fingerprint density at radius 3 is 2.59 bits per heavy atom. The number of benzene rings is 2. The first kappa shape index (κ1) is 17.5. The van der Waals surface area contributed by atoms with E-state index in [-0.39, 0.29) is 0 Å². The van der Waals surface area contributed by atoms with Crippen LogP contribution in [0.3, 0.4) is 0 Å². The SMILES string of the molecule is N#CC(=Cc1cc2ccccc2nc1N1CCOCC1)c1ccc(Cl)cc1. The van der Waals surface area contributed by atoms with Crippen molar-refractivity contribution in [2.75, 3.05) is 31.2 Å². The molecule has 1 aliphatic heterocycles. The zero-order valence-electron chi connectivity index (χ0n) is 14.7. The van der Waals surface area contributed by atoms with Crippen LogP contribution in [0.5, 0.6) is 0 Å². The smallest absolute Gasteiger partial charge is 0.136 e. The van der Waals surface area contributed by atoms with Gasteiger partial charge in [-0.15, -0.1) is 0 Å². The lowest BCUT2D eigenvalue weighted by atomic mass is 10.0. The Morgan fingerprint density at radius 1 is 1.11 bits per heavy atom. The highest BCUT2D eigenvalue weighted by molar-refractivity contribution is 6.30. The largest absolute Gasteiger partial charge is 0.378 e. The molecule has 0 unspecified atom stereocenters. The Labute approximate surface area is 163 Å². The first-order valence-corrected chi connectivity index (χ1v) is 9.22. The number of para-hydroxylation sites is 1. The number of allylic oxidation sites excluding steroid dienone is 1. The number of pyridine rings is 1. The first-order valence-electron chi connectivity index (χ1n) is 8.85. The molecule has 0 atom stereocenters. The Balaban J connectivity index is 1.85.